The highest BCUT2D eigenvalue weighted by Crippen LogP contribution is 2.25. The Morgan fingerprint density at radius 2 is 2.08 bits per heavy atom. The normalized spacial score (nSPS) is 11.8. The summed E-state index contributed by atoms with van der Waals surface area (Å²) in [6, 6.07) is 4.18. The quantitative estimate of drug-likeness (QED) is 0.837. The molecule has 2 N–H and O–H groups in total. The van der Waals surface area contributed by atoms with Gasteiger partial charge in [0, 0.05) is 4.88 Å². The second-order valence-electron chi connectivity index (χ2n) is 5.21. The average molecular weight is 351 g/mol. The summed E-state index contributed by atoms with van der Waals surface area (Å²) < 4.78 is 18.6. The van der Waals surface area contributed by atoms with Gasteiger partial charge < -0.3 is 15.2 Å². The van der Waals surface area contributed by atoms with Crippen LogP contribution in [0.2, 0.25) is 0 Å². The molecule has 128 valence electrons. The van der Waals surface area contributed by atoms with Crippen LogP contribution in [0.25, 0.3) is 0 Å². The molecule has 7 heteroatoms. The Morgan fingerprint density at radius 1 is 1.38 bits per heavy atom. The maximum atomic E-state index is 13.8. The highest BCUT2D eigenvalue weighted by molar-refractivity contribution is 7.14. The van der Waals surface area contributed by atoms with E-state index in [1.807, 2.05) is 13.8 Å². The summed E-state index contributed by atoms with van der Waals surface area (Å²) >= 11 is 1.33. The lowest BCUT2D eigenvalue weighted by molar-refractivity contribution is -0.139. The molecule has 1 aromatic carbocycles. The third-order valence-electron chi connectivity index (χ3n) is 3.60. The Bertz CT molecular complexity index is 772. The first kappa shape index (κ1) is 17.9. The molecule has 0 aliphatic heterocycles. The van der Waals surface area contributed by atoms with Gasteiger partial charge in [0.15, 0.2) is 17.6 Å². The van der Waals surface area contributed by atoms with E-state index >= 15 is 0 Å². The van der Waals surface area contributed by atoms with Crippen molar-refractivity contribution in [2.24, 2.45) is 0 Å². The molecule has 24 heavy (non-hydrogen) atoms. The number of methoxy groups -OCH3 is 1. The number of thiophene rings is 1. The summed E-state index contributed by atoms with van der Waals surface area (Å²) in [5, 5.41) is 11.8. The number of hydrogen-bond donors (Lipinski definition) is 2. The lowest BCUT2D eigenvalue weighted by Gasteiger charge is -2.15. The van der Waals surface area contributed by atoms with E-state index in [9.17, 15) is 19.1 Å². The molecule has 1 atom stereocenters. The van der Waals surface area contributed by atoms with Crippen LogP contribution in [-0.4, -0.2) is 24.1 Å². The Kier molecular flexibility index (Phi) is 5.56. The van der Waals surface area contributed by atoms with Gasteiger partial charge in [0.2, 0.25) is 0 Å². The Labute approximate surface area is 143 Å². The van der Waals surface area contributed by atoms with Crippen LogP contribution < -0.4 is 10.1 Å². The summed E-state index contributed by atoms with van der Waals surface area (Å²) in [5.74, 6) is -2.44. The van der Waals surface area contributed by atoms with Gasteiger partial charge in [0.1, 0.15) is 0 Å². The monoisotopic (exact) mass is 351 g/mol. The molecule has 5 nitrogen and oxygen atoms in total. The summed E-state index contributed by atoms with van der Waals surface area (Å²) in [6.07, 6.45) is 0.801. The topological polar surface area (TPSA) is 75.6 Å². The molecular weight excluding hydrogens is 333 g/mol. The van der Waals surface area contributed by atoms with Crippen LogP contribution in [0.3, 0.4) is 0 Å². The molecule has 1 aromatic heterocycles. The second-order valence-corrected chi connectivity index (χ2v) is 6.35. The number of carbonyl (C=O) groups is 2. The fourth-order valence-corrected chi connectivity index (χ4v) is 3.35. The molecule has 0 aliphatic carbocycles. The summed E-state index contributed by atoms with van der Waals surface area (Å²) in [6.45, 7) is 3.89. The van der Waals surface area contributed by atoms with Crippen LogP contribution in [-0.2, 0) is 11.2 Å². The lowest BCUT2D eigenvalue weighted by Crippen LogP contribution is -2.33. The maximum Gasteiger partial charge on any atom is 0.330 e. The molecular formula is C17H18FNO4S. The predicted octanol–water partition coefficient (Wildman–Crippen LogP) is 3.32. The van der Waals surface area contributed by atoms with Gasteiger partial charge in [-0.2, -0.15) is 0 Å². The maximum absolute atomic E-state index is 13.8. The van der Waals surface area contributed by atoms with Gasteiger partial charge in [-0.25, -0.2) is 9.18 Å². The number of aliphatic carboxylic acids is 1. The number of ether oxygens (including phenoxy) is 1. The lowest BCUT2D eigenvalue weighted by atomic mass is 10.1. The molecule has 1 heterocycles. The smallest absolute Gasteiger partial charge is 0.330 e. The number of carboxylic acid groups (broad SMARTS) is 1. The number of halogens is 1. The van der Waals surface area contributed by atoms with E-state index in [0.717, 1.165) is 22.9 Å². The molecule has 0 radical (unpaired) electrons. The standard InChI is InChI=1S/C17H18FNO4S/c1-4-13-9(2)7-14(24-13)16(20)19-15(17(21)22)10-5-6-12(23-3)11(18)8-10/h5-8,15H,4H2,1-3H3,(H,19,20)(H,21,22). The Hall–Kier alpha value is -2.41. The molecule has 0 saturated heterocycles. The van der Waals surface area contributed by atoms with Crippen molar-refractivity contribution in [3.05, 3.63) is 51.0 Å². The molecule has 2 aromatic rings. The van der Waals surface area contributed by atoms with E-state index in [-0.39, 0.29) is 11.3 Å². The van der Waals surface area contributed by atoms with E-state index in [0.29, 0.717) is 4.88 Å². The molecule has 2 rings (SSSR count). The van der Waals surface area contributed by atoms with Crippen molar-refractivity contribution in [3.8, 4) is 5.75 Å². The number of hydrogen-bond acceptors (Lipinski definition) is 4. The van der Waals surface area contributed by atoms with Crippen LogP contribution in [0, 0.1) is 12.7 Å². The highest BCUT2D eigenvalue weighted by Gasteiger charge is 2.25. The molecule has 0 bridgehead atoms. The van der Waals surface area contributed by atoms with E-state index < -0.39 is 23.7 Å². The van der Waals surface area contributed by atoms with Crippen molar-refractivity contribution in [3.63, 3.8) is 0 Å². The van der Waals surface area contributed by atoms with Gasteiger partial charge in [-0.3, -0.25) is 4.79 Å². The van der Waals surface area contributed by atoms with E-state index in [4.69, 9.17) is 4.74 Å². The van der Waals surface area contributed by atoms with Crippen molar-refractivity contribution < 1.29 is 23.8 Å². The van der Waals surface area contributed by atoms with Gasteiger partial charge >= 0.3 is 5.97 Å². The van der Waals surface area contributed by atoms with Gasteiger partial charge in [-0.15, -0.1) is 11.3 Å². The minimum atomic E-state index is -1.34. The third kappa shape index (κ3) is 3.73. The Morgan fingerprint density at radius 3 is 2.58 bits per heavy atom. The van der Waals surface area contributed by atoms with Crippen molar-refractivity contribution in [2.45, 2.75) is 26.3 Å². The zero-order chi connectivity index (χ0) is 17.9. The first-order chi connectivity index (χ1) is 11.4. The fraction of sp³-hybridized carbons (Fsp3) is 0.294. The molecule has 0 spiro atoms. The minimum Gasteiger partial charge on any atom is -0.494 e. The van der Waals surface area contributed by atoms with Gasteiger partial charge in [-0.1, -0.05) is 13.0 Å². The molecule has 0 aliphatic rings. The number of carbonyl (C=O) groups excluding carboxylic acids is 1. The summed E-state index contributed by atoms with van der Waals surface area (Å²) in [7, 11) is 1.32. The number of carboxylic acids is 1. The number of nitrogens with one attached hydrogen (secondary N) is 1. The minimum absolute atomic E-state index is 0.00989. The average Bonchev–Trinajstić information content (AvgIpc) is 2.93. The zero-order valence-corrected chi connectivity index (χ0v) is 14.4. The second kappa shape index (κ2) is 7.44. The van der Waals surface area contributed by atoms with Gasteiger partial charge in [0.25, 0.3) is 5.91 Å². The third-order valence-corrected chi connectivity index (χ3v) is 4.98. The molecule has 1 amide bonds. The van der Waals surface area contributed by atoms with Crippen LogP contribution in [0.1, 0.15) is 38.6 Å². The first-order valence-corrected chi connectivity index (χ1v) is 8.15. The summed E-state index contributed by atoms with van der Waals surface area (Å²) in [4.78, 5) is 25.3. The molecule has 1 unspecified atom stereocenters. The predicted molar refractivity (Wildman–Crippen MR) is 89.2 cm³/mol. The molecule has 0 saturated carbocycles. The Balaban J connectivity index is 2.26. The first-order valence-electron chi connectivity index (χ1n) is 7.33. The van der Waals surface area contributed by atoms with Crippen LogP contribution >= 0.6 is 11.3 Å². The van der Waals surface area contributed by atoms with Crippen LogP contribution in [0.4, 0.5) is 4.39 Å². The van der Waals surface area contributed by atoms with Crippen molar-refractivity contribution in [1.82, 2.24) is 5.32 Å². The number of rotatable bonds is 6. The van der Waals surface area contributed by atoms with Crippen molar-refractivity contribution in [2.75, 3.05) is 7.11 Å². The van der Waals surface area contributed by atoms with Gasteiger partial charge in [-0.05, 0) is 42.7 Å². The fourth-order valence-electron chi connectivity index (χ4n) is 2.33. The zero-order valence-electron chi connectivity index (χ0n) is 13.6. The van der Waals surface area contributed by atoms with Gasteiger partial charge in [0.05, 0.1) is 12.0 Å². The highest BCUT2D eigenvalue weighted by atomic mass is 32.1. The summed E-state index contributed by atoms with van der Waals surface area (Å²) in [5.41, 5.74) is 1.13. The van der Waals surface area contributed by atoms with E-state index in [1.54, 1.807) is 6.07 Å². The number of benzene rings is 1. The van der Waals surface area contributed by atoms with E-state index in [1.165, 1.54) is 30.6 Å². The van der Waals surface area contributed by atoms with Crippen molar-refractivity contribution in [1.29, 1.82) is 0 Å². The van der Waals surface area contributed by atoms with E-state index in [2.05, 4.69) is 5.32 Å². The van der Waals surface area contributed by atoms with Crippen molar-refractivity contribution >= 4 is 23.2 Å². The number of aryl methyl sites for hydroxylation is 2. The largest absolute Gasteiger partial charge is 0.494 e. The number of amides is 1. The van der Waals surface area contributed by atoms with Crippen LogP contribution in [0.5, 0.6) is 5.75 Å². The SMILES string of the molecule is CCc1sc(C(=O)NC(C(=O)O)c2ccc(OC)c(F)c2)cc1C. The molecule has 0 fully saturated rings. The van der Waals surface area contributed by atoms with Crippen LogP contribution in [0.15, 0.2) is 24.3 Å².